The molecule has 0 atom stereocenters. The summed E-state index contributed by atoms with van der Waals surface area (Å²) in [6.45, 7) is 11.1. The first-order valence-electron chi connectivity index (χ1n) is 7.65. The molecule has 1 fully saturated rings. The Kier molecular flexibility index (Phi) is 5.46. The molecule has 0 aromatic carbocycles. The fourth-order valence-corrected chi connectivity index (χ4v) is 3.62. The molecule has 0 unspecified atom stereocenters. The lowest BCUT2D eigenvalue weighted by Gasteiger charge is -2.31. The summed E-state index contributed by atoms with van der Waals surface area (Å²) in [7, 11) is 0. The van der Waals surface area contributed by atoms with Crippen LogP contribution in [0.15, 0.2) is 4.47 Å². The molecule has 0 N–H and O–H groups in total. The topological polar surface area (TPSA) is 21.1 Å². The van der Waals surface area contributed by atoms with E-state index in [-0.39, 0.29) is 0 Å². The molecular formula is C15H26BrN3. The number of piperidine rings is 1. The minimum atomic E-state index is 0.946. The smallest absolute Gasteiger partial charge is 0.0767 e. The van der Waals surface area contributed by atoms with Crippen LogP contribution in [-0.2, 0) is 19.5 Å². The van der Waals surface area contributed by atoms with Crippen LogP contribution in [0.1, 0.15) is 51.4 Å². The predicted molar refractivity (Wildman–Crippen MR) is 83.3 cm³/mol. The summed E-state index contributed by atoms with van der Waals surface area (Å²) in [5.74, 6) is 0.946. The highest BCUT2D eigenvalue weighted by molar-refractivity contribution is 9.10. The molecule has 0 amide bonds. The van der Waals surface area contributed by atoms with Crippen LogP contribution in [-0.4, -0.2) is 27.8 Å². The first-order valence-corrected chi connectivity index (χ1v) is 8.45. The van der Waals surface area contributed by atoms with Gasteiger partial charge in [-0.2, -0.15) is 5.10 Å². The summed E-state index contributed by atoms with van der Waals surface area (Å²) in [4.78, 5) is 2.58. The van der Waals surface area contributed by atoms with E-state index in [1.807, 2.05) is 0 Å². The summed E-state index contributed by atoms with van der Waals surface area (Å²) in [6, 6.07) is 0. The number of rotatable bonds is 5. The maximum atomic E-state index is 4.69. The van der Waals surface area contributed by atoms with Gasteiger partial charge in [-0.25, -0.2) is 0 Å². The summed E-state index contributed by atoms with van der Waals surface area (Å²) >= 11 is 3.75. The lowest BCUT2D eigenvalue weighted by atomic mass is 9.94. The van der Waals surface area contributed by atoms with E-state index in [2.05, 4.69) is 51.4 Å². The van der Waals surface area contributed by atoms with Crippen LogP contribution in [0, 0.1) is 5.92 Å². The van der Waals surface area contributed by atoms with Crippen molar-refractivity contribution in [2.24, 2.45) is 5.92 Å². The van der Waals surface area contributed by atoms with Crippen LogP contribution in [0.2, 0.25) is 0 Å². The van der Waals surface area contributed by atoms with Gasteiger partial charge in [-0.1, -0.05) is 20.3 Å². The molecule has 2 rings (SSSR count). The van der Waals surface area contributed by atoms with Crippen molar-refractivity contribution < 1.29 is 0 Å². The molecule has 0 aliphatic carbocycles. The van der Waals surface area contributed by atoms with Crippen LogP contribution >= 0.6 is 15.9 Å². The Morgan fingerprint density at radius 2 is 1.89 bits per heavy atom. The number of hydrogen-bond acceptors (Lipinski definition) is 2. The van der Waals surface area contributed by atoms with Crippen molar-refractivity contribution in [1.29, 1.82) is 0 Å². The normalized spacial score (nSPS) is 18.1. The number of nitrogens with zero attached hydrogens (tertiary/aromatic N) is 3. The van der Waals surface area contributed by atoms with Gasteiger partial charge in [0.05, 0.1) is 15.9 Å². The minimum Gasteiger partial charge on any atom is -0.297 e. The van der Waals surface area contributed by atoms with Gasteiger partial charge in [0.25, 0.3) is 0 Å². The van der Waals surface area contributed by atoms with Gasteiger partial charge in [0.1, 0.15) is 0 Å². The summed E-state index contributed by atoms with van der Waals surface area (Å²) in [6.07, 6.45) is 5.05. The molecule has 4 heteroatoms. The highest BCUT2D eigenvalue weighted by Gasteiger charge is 2.21. The van der Waals surface area contributed by atoms with Gasteiger partial charge in [-0.15, -0.1) is 0 Å². The Bertz CT molecular complexity index is 406. The predicted octanol–water partition coefficient (Wildman–Crippen LogP) is 3.85. The maximum absolute atomic E-state index is 4.69. The van der Waals surface area contributed by atoms with E-state index in [9.17, 15) is 0 Å². The third-order valence-electron chi connectivity index (χ3n) is 4.35. The molecular weight excluding hydrogens is 302 g/mol. The second-order valence-corrected chi connectivity index (χ2v) is 6.30. The Morgan fingerprint density at radius 3 is 2.42 bits per heavy atom. The Morgan fingerprint density at radius 1 is 1.21 bits per heavy atom. The minimum absolute atomic E-state index is 0.946. The van der Waals surface area contributed by atoms with E-state index in [0.29, 0.717) is 0 Å². The number of likely N-dealkylation sites (tertiary alicyclic amines) is 1. The third kappa shape index (κ3) is 3.40. The van der Waals surface area contributed by atoms with E-state index < -0.39 is 0 Å². The van der Waals surface area contributed by atoms with Crippen molar-refractivity contribution in [3.05, 3.63) is 15.9 Å². The van der Waals surface area contributed by atoms with Crippen molar-refractivity contribution in [3.8, 4) is 0 Å². The first-order chi connectivity index (χ1) is 9.19. The molecule has 0 radical (unpaired) electrons. The molecule has 0 bridgehead atoms. The average Bonchev–Trinajstić information content (AvgIpc) is 2.76. The maximum Gasteiger partial charge on any atom is 0.0767 e. The van der Waals surface area contributed by atoms with Gasteiger partial charge < -0.3 is 0 Å². The second kappa shape index (κ2) is 6.89. The molecule has 3 nitrogen and oxygen atoms in total. The van der Waals surface area contributed by atoms with Crippen LogP contribution < -0.4 is 0 Å². The van der Waals surface area contributed by atoms with Crippen molar-refractivity contribution >= 4 is 15.9 Å². The summed E-state index contributed by atoms with van der Waals surface area (Å²) in [5.41, 5.74) is 2.55. The average molecular weight is 328 g/mol. The largest absolute Gasteiger partial charge is 0.297 e. The van der Waals surface area contributed by atoms with Gasteiger partial charge in [0.2, 0.25) is 0 Å². The highest BCUT2D eigenvalue weighted by atomic mass is 79.9. The third-order valence-corrected chi connectivity index (χ3v) is 5.27. The van der Waals surface area contributed by atoms with Crippen LogP contribution in [0.4, 0.5) is 0 Å². The molecule has 0 saturated carbocycles. The van der Waals surface area contributed by atoms with Crippen molar-refractivity contribution in [2.45, 2.75) is 59.5 Å². The summed E-state index contributed by atoms with van der Waals surface area (Å²) < 4.78 is 3.39. The quantitative estimate of drug-likeness (QED) is 0.819. The van der Waals surface area contributed by atoms with E-state index in [4.69, 9.17) is 0 Å². The van der Waals surface area contributed by atoms with Gasteiger partial charge in [-0.3, -0.25) is 9.58 Å². The van der Waals surface area contributed by atoms with Crippen LogP contribution in [0.3, 0.4) is 0 Å². The van der Waals surface area contributed by atoms with E-state index >= 15 is 0 Å². The van der Waals surface area contributed by atoms with E-state index in [1.54, 1.807) is 0 Å². The monoisotopic (exact) mass is 327 g/mol. The molecule has 1 saturated heterocycles. The zero-order valence-electron chi connectivity index (χ0n) is 12.5. The lowest BCUT2D eigenvalue weighted by molar-refractivity contribution is 0.170. The second-order valence-electron chi connectivity index (χ2n) is 5.50. The Hall–Kier alpha value is -0.350. The van der Waals surface area contributed by atoms with Gasteiger partial charge in [0.15, 0.2) is 0 Å². The highest BCUT2D eigenvalue weighted by Crippen LogP contribution is 2.26. The van der Waals surface area contributed by atoms with Crippen molar-refractivity contribution in [1.82, 2.24) is 14.7 Å². The zero-order chi connectivity index (χ0) is 13.8. The van der Waals surface area contributed by atoms with Crippen molar-refractivity contribution in [3.63, 3.8) is 0 Å². The number of halogens is 1. The summed E-state index contributed by atoms with van der Waals surface area (Å²) in [5, 5.41) is 4.69. The Labute approximate surface area is 125 Å². The standard InChI is InChI=1S/C15H26BrN3/c1-4-12-7-9-18(10-8-12)11-14-15(16)13(5-2)17-19(14)6-3/h12H,4-11H2,1-3H3. The number of aryl methyl sites for hydroxylation is 2. The SMILES string of the molecule is CCc1nn(CC)c(CN2CCC(CC)CC2)c1Br. The number of hydrogen-bond donors (Lipinski definition) is 0. The molecule has 2 heterocycles. The van der Waals surface area contributed by atoms with Gasteiger partial charge >= 0.3 is 0 Å². The fraction of sp³-hybridized carbons (Fsp3) is 0.800. The lowest BCUT2D eigenvalue weighted by Crippen LogP contribution is -2.33. The first kappa shape index (κ1) is 15.0. The molecule has 1 aromatic rings. The molecule has 19 heavy (non-hydrogen) atoms. The van der Waals surface area contributed by atoms with Gasteiger partial charge in [0, 0.05) is 13.1 Å². The zero-order valence-corrected chi connectivity index (χ0v) is 14.0. The van der Waals surface area contributed by atoms with Crippen LogP contribution in [0.25, 0.3) is 0 Å². The Balaban J connectivity index is 2.05. The molecule has 1 aliphatic rings. The van der Waals surface area contributed by atoms with E-state index in [0.717, 1.165) is 25.4 Å². The fourth-order valence-electron chi connectivity index (χ4n) is 2.93. The molecule has 108 valence electrons. The van der Waals surface area contributed by atoms with Gasteiger partial charge in [-0.05, 0) is 61.1 Å². The number of aromatic nitrogens is 2. The molecule has 1 aromatic heterocycles. The molecule has 0 spiro atoms. The van der Waals surface area contributed by atoms with Crippen LogP contribution in [0.5, 0.6) is 0 Å². The van der Waals surface area contributed by atoms with E-state index in [1.165, 1.54) is 48.2 Å². The molecule has 1 aliphatic heterocycles. The van der Waals surface area contributed by atoms with Crippen molar-refractivity contribution in [2.75, 3.05) is 13.1 Å².